The lowest BCUT2D eigenvalue weighted by molar-refractivity contribution is -0.115. The standard InChI is InChI=1S/C17H18N2O4S/c1-3-23-16-7-4-13(8-11(16)2)19-24(21,22)14-5-6-15-12(9-14)10-17(20)18-15/h4-9,19H,3,10H2,1-2H3,(H,18,20). The van der Waals surface area contributed by atoms with Crippen LogP contribution in [0.5, 0.6) is 5.75 Å². The number of benzene rings is 2. The maximum atomic E-state index is 12.6. The van der Waals surface area contributed by atoms with Crippen molar-refractivity contribution < 1.29 is 17.9 Å². The molecule has 0 spiro atoms. The van der Waals surface area contributed by atoms with Crippen LogP contribution in [0.2, 0.25) is 0 Å². The number of fused-ring (bicyclic) bond motifs is 1. The summed E-state index contributed by atoms with van der Waals surface area (Å²) in [5.41, 5.74) is 2.66. The molecule has 0 radical (unpaired) electrons. The van der Waals surface area contributed by atoms with Crippen molar-refractivity contribution in [1.29, 1.82) is 0 Å². The van der Waals surface area contributed by atoms with Crippen molar-refractivity contribution in [3.63, 3.8) is 0 Å². The Kier molecular flexibility index (Phi) is 4.19. The van der Waals surface area contributed by atoms with Crippen molar-refractivity contribution >= 4 is 27.3 Å². The number of ether oxygens (including phenoxy) is 1. The molecule has 1 aliphatic heterocycles. The van der Waals surface area contributed by atoms with Gasteiger partial charge >= 0.3 is 0 Å². The van der Waals surface area contributed by atoms with Gasteiger partial charge in [-0.2, -0.15) is 0 Å². The van der Waals surface area contributed by atoms with Crippen LogP contribution in [0.25, 0.3) is 0 Å². The lowest BCUT2D eigenvalue weighted by Gasteiger charge is -2.12. The molecule has 0 aliphatic carbocycles. The van der Waals surface area contributed by atoms with Gasteiger partial charge in [-0.1, -0.05) is 0 Å². The quantitative estimate of drug-likeness (QED) is 0.872. The lowest BCUT2D eigenvalue weighted by atomic mass is 10.2. The van der Waals surface area contributed by atoms with E-state index in [0.29, 0.717) is 23.5 Å². The molecular formula is C17H18N2O4S. The first-order chi connectivity index (χ1) is 11.4. The van der Waals surface area contributed by atoms with Gasteiger partial charge in [0, 0.05) is 11.4 Å². The third-order valence-electron chi connectivity index (χ3n) is 3.74. The van der Waals surface area contributed by atoms with E-state index in [-0.39, 0.29) is 17.2 Å². The predicted molar refractivity (Wildman–Crippen MR) is 91.9 cm³/mol. The minimum atomic E-state index is -3.72. The van der Waals surface area contributed by atoms with Crippen LogP contribution in [-0.4, -0.2) is 20.9 Å². The van der Waals surface area contributed by atoms with Gasteiger partial charge in [-0.3, -0.25) is 9.52 Å². The molecule has 1 heterocycles. The Morgan fingerprint density at radius 1 is 1.21 bits per heavy atom. The predicted octanol–water partition coefficient (Wildman–Crippen LogP) is 2.69. The van der Waals surface area contributed by atoms with Gasteiger partial charge < -0.3 is 10.1 Å². The second-order valence-corrected chi connectivity index (χ2v) is 7.25. The van der Waals surface area contributed by atoms with Gasteiger partial charge in [-0.25, -0.2) is 8.42 Å². The van der Waals surface area contributed by atoms with Gasteiger partial charge in [-0.15, -0.1) is 0 Å². The number of carbonyl (C=O) groups is 1. The van der Waals surface area contributed by atoms with Crippen LogP contribution in [0.4, 0.5) is 11.4 Å². The van der Waals surface area contributed by atoms with Crippen LogP contribution in [0.15, 0.2) is 41.3 Å². The topological polar surface area (TPSA) is 84.5 Å². The van der Waals surface area contributed by atoms with Crippen LogP contribution in [0, 0.1) is 6.92 Å². The van der Waals surface area contributed by atoms with Crippen LogP contribution in [-0.2, 0) is 21.2 Å². The summed E-state index contributed by atoms with van der Waals surface area (Å²) in [4.78, 5) is 11.5. The van der Waals surface area contributed by atoms with Crippen LogP contribution in [0.3, 0.4) is 0 Å². The molecule has 0 bridgehead atoms. The van der Waals surface area contributed by atoms with E-state index in [4.69, 9.17) is 4.74 Å². The van der Waals surface area contributed by atoms with E-state index < -0.39 is 10.0 Å². The maximum Gasteiger partial charge on any atom is 0.261 e. The molecule has 2 N–H and O–H groups in total. The van der Waals surface area contributed by atoms with Crippen LogP contribution in [0.1, 0.15) is 18.1 Å². The minimum absolute atomic E-state index is 0.129. The second kappa shape index (κ2) is 6.16. The fourth-order valence-electron chi connectivity index (χ4n) is 2.62. The highest BCUT2D eigenvalue weighted by Crippen LogP contribution is 2.28. The van der Waals surface area contributed by atoms with Crippen molar-refractivity contribution in [1.82, 2.24) is 0 Å². The summed E-state index contributed by atoms with van der Waals surface area (Å²) in [6, 6.07) is 9.74. The zero-order chi connectivity index (χ0) is 17.3. The third kappa shape index (κ3) is 3.21. The number of anilines is 2. The third-order valence-corrected chi connectivity index (χ3v) is 5.12. The zero-order valence-electron chi connectivity index (χ0n) is 13.4. The average Bonchev–Trinajstić information content (AvgIpc) is 2.89. The fraction of sp³-hybridized carbons (Fsp3) is 0.235. The van der Waals surface area contributed by atoms with E-state index in [1.807, 2.05) is 13.8 Å². The summed E-state index contributed by atoms with van der Waals surface area (Å²) >= 11 is 0. The second-order valence-electron chi connectivity index (χ2n) is 5.56. The molecule has 0 unspecified atom stereocenters. The first-order valence-electron chi connectivity index (χ1n) is 7.58. The molecule has 126 valence electrons. The summed E-state index contributed by atoms with van der Waals surface area (Å²) in [7, 11) is -3.72. The normalized spacial score (nSPS) is 13.3. The molecule has 2 aromatic carbocycles. The van der Waals surface area contributed by atoms with Gasteiger partial charge in [0.1, 0.15) is 5.75 Å². The van der Waals surface area contributed by atoms with Crippen LogP contribution >= 0.6 is 0 Å². The number of aryl methyl sites for hydroxylation is 1. The first-order valence-corrected chi connectivity index (χ1v) is 9.06. The molecule has 1 aliphatic rings. The van der Waals surface area contributed by atoms with E-state index in [1.165, 1.54) is 12.1 Å². The smallest absolute Gasteiger partial charge is 0.261 e. The zero-order valence-corrected chi connectivity index (χ0v) is 14.2. The Balaban J connectivity index is 1.85. The molecule has 0 saturated carbocycles. The van der Waals surface area contributed by atoms with Gasteiger partial charge in [0.25, 0.3) is 10.0 Å². The number of rotatable bonds is 5. The van der Waals surface area contributed by atoms with E-state index in [2.05, 4.69) is 10.0 Å². The number of carbonyl (C=O) groups excluding carboxylic acids is 1. The highest BCUT2D eigenvalue weighted by molar-refractivity contribution is 7.92. The number of nitrogens with one attached hydrogen (secondary N) is 2. The van der Waals surface area contributed by atoms with Gasteiger partial charge in [0.15, 0.2) is 0 Å². The molecule has 0 fully saturated rings. The van der Waals surface area contributed by atoms with Crippen molar-refractivity contribution in [3.8, 4) is 5.75 Å². The Bertz CT molecular complexity index is 907. The highest BCUT2D eigenvalue weighted by atomic mass is 32.2. The molecule has 7 heteroatoms. The maximum absolute atomic E-state index is 12.6. The molecule has 1 amide bonds. The van der Waals surface area contributed by atoms with Crippen LogP contribution < -0.4 is 14.8 Å². The molecule has 0 saturated heterocycles. The fourth-order valence-corrected chi connectivity index (χ4v) is 3.72. The first kappa shape index (κ1) is 16.3. The number of hydrogen-bond donors (Lipinski definition) is 2. The van der Waals surface area contributed by atoms with Gasteiger partial charge in [0.2, 0.25) is 5.91 Å². The Labute approximate surface area is 140 Å². The molecular weight excluding hydrogens is 328 g/mol. The highest BCUT2D eigenvalue weighted by Gasteiger charge is 2.22. The van der Waals surface area contributed by atoms with E-state index in [9.17, 15) is 13.2 Å². The molecule has 0 aromatic heterocycles. The Hall–Kier alpha value is -2.54. The van der Waals surface area contributed by atoms with E-state index in [1.54, 1.807) is 24.3 Å². The minimum Gasteiger partial charge on any atom is -0.494 e. The van der Waals surface area contributed by atoms with Gasteiger partial charge in [0.05, 0.1) is 17.9 Å². The largest absolute Gasteiger partial charge is 0.494 e. The van der Waals surface area contributed by atoms with Crippen molar-refractivity contribution in [2.45, 2.75) is 25.2 Å². The summed E-state index contributed by atoms with van der Waals surface area (Å²) in [6.07, 6.45) is 0.195. The molecule has 2 aromatic rings. The number of hydrogen-bond acceptors (Lipinski definition) is 4. The monoisotopic (exact) mass is 346 g/mol. The molecule has 24 heavy (non-hydrogen) atoms. The summed E-state index contributed by atoms with van der Waals surface area (Å²) in [6.45, 7) is 4.30. The summed E-state index contributed by atoms with van der Waals surface area (Å²) < 4.78 is 33.1. The lowest BCUT2D eigenvalue weighted by Crippen LogP contribution is -2.13. The number of sulfonamides is 1. The van der Waals surface area contributed by atoms with E-state index in [0.717, 1.165) is 11.3 Å². The van der Waals surface area contributed by atoms with E-state index >= 15 is 0 Å². The SMILES string of the molecule is CCOc1ccc(NS(=O)(=O)c2ccc3c(c2)CC(=O)N3)cc1C. The Morgan fingerprint density at radius 2 is 2.00 bits per heavy atom. The molecule has 6 nitrogen and oxygen atoms in total. The average molecular weight is 346 g/mol. The van der Waals surface area contributed by atoms with Crippen molar-refractivity contribution in [2.24, 2.45) is 0 Å². The Morgan fingerprint density at radius 3 is 2.71 bits per heavy atom. The number of amides is 1. The summed E-state index contributed by atoms with van der Waals surface area (Å²) in [5, 5.41) is 2.68. The molecule has 0 atom stereocenters. The van der Waals surface area contributed by atoms with Gasteiger partial charge in [-0.05, 0) is 61.4 Å². The van der Waals surface area contributed by atoms with Crippen molar-refractivity contribution in [3.05, 3.63) is 47.5 Å². The summed E-state index contributed by atoms with van der Waals surface area (Å²) in [5.74, 6) is 0.595. The molecule has 3 rings (SSSR count). The van der Waals surface area contributed by atoms with Crippen molar-refractivity contribution in [2.75, 3.05) is 16.6 Å².